The standard InChI is InChI=1S/C12H9NO5S/c14-12(15)9-6-10(18-13-9)8-2-1-7-3-4-19(16,17)11(7)5-8/h1-2,5-6H,3-4H2,(H,14,15). The van der Waals surface area contributed by atoms with Crippen LogP contribution in [-0.4, -0.2) is 30.4 Å². The highest BCUT2D eigenvalue weighted by Crippen LogP contribution is 2.31. The summed E-state index contributed by atoms with van der Waals surface area (Å²) in [6, 6.07) is 6.19. The van der Waals surface area contributed by atoms with Gasteiger partial charge in [0.2, 0.25) is 0 Å². The Morgan fingerprint density at radius 2 is 2.11 bits per heavy atom. The highest BCUT2D eigenvalue weighted by atomic mass is 32.2. The van der Waals surface area contributed by atoms with Crippen LogP contribution in [-0.2, 0) is 16.3 Å². The van der Waals surface area contributed by atoms with Crippen molar-refractivity contribution >= 4 is 15.8 Å². The molecule has 3 rings (SSSR count). The van der Waals surface area contributed by atoms with Gasteiger partial charge < -0.3 is 9.63 Å². The molecule has 0 atom stereocenters. The summed E-state index contributed by atoms with van der Waals surface area (Å²) in [5, 5.41) is 12.2. The molecule has 6 nitrogen and oxygen atoms in total. The van der Waals surface area contributed by atoms with Crippen molar-refractivity contribution < 1.29 is 22.8 Å². The first-order chi connectivity index (χ1) is 8.97. The van der Waals surface area contributed by atoms with Crippen molar-refractivity contribution in [1.82, 2.24) is 5.16 Å². The molecule has 0 fully saturated rings. The van der Waals surface area contributed by atoms with Gasteiger partial charge in [0.05, 0.1) is 10.6 Å². The lowest BCUT2D eigenvalue weighted by Crippen LogP contribution is -1.98. The van der Waals surface area contributed by atoms with E-state index in [1.54, 1.807) is 12.1 Å². The van der Waals surface area contributed by atoms with Crippen LogP contribution < -0.4 is 0 Å². The number of fused-ring (bicyclic) bond motifs is 1. The molecule has 0 amide bonds. The number of carboxylic acid groups (broad SMARTS) is 1. The first-order valence-electron chi connectivity index (χ1n) is 5.53. The third-order valence-electron chi connectivity index (χ3n) is 3.06. The Bertz CT molecular complexity index is 775. The van der Waals surface area contributed by atoms with Gasteiger partial charge in [-0.2, -0.15) is 0 Å². The zero-order valence-corrected chi connectivity index (χ0v) is 10.5. The van der Waals surface area contributed by atoms with Gasteiger partial charge in [-0.1, -0.05) is 17.3 Å². The van der Waals surface area contributed by atoms with E-state index in [-0.39, 0.29) is 17.2 Å². The molecule has 0 aliphatic carbocycles. The van der Waals surface area contributed by atoms with Gasteiger partial charge in [-0.05, 0) is 18.1 Å². The summed E-state index contributed by atoms with van der Waals surface area (Å²) in [5.41, 5.74) is 1.07. The van der Waals surface area contributed by atoms with Gasteiger partial charge in [0, 0.05) is 11.6 Å². The summed E-state index contributed by atoms with van der Waals surface area (Å²) < 4.78 is 28.5. The Kier molecular flexibility index (Phi) is 2.46. The number of benzene rings is 1. The highest BCUT2D eigenvalue weighted by molar-refractivity contribution is 7.91. The molecule has 0 unspecified atom stereocenters. The van der Waals surface area contributed by atoms with Crippen molar-refractivity contribution in [3.8, 4) is 11.3 Å². The fourth-order valence-corrected chi connectivity index (χ4v) is 3.65. The van der Waals surface area contributed by atoms with E-state index in [1.807, 2.05) is 0 Å². The zero-order chi connectivity index (χ0) is 13.6. The van der Waals surface area contributed by atoms with E-state index in [0.29, 0.717) is 16.9 Å². The largest absolute Gasteiger partial charge is 0.476 e. The zero-order valence-electron chi connectivity index (χ0n) is 9.66. The first kappa shape index (κ1) is 11.9. The van der Waals surface area contributed by atoms with Gasteiger partial charge in [-0.25, -0.2) is 13.2 Å². The van der Waals surface area contributed by atoms with E-state index in [9.17, 15) is 13.2 Å². The predicted octanol–water partition coefficient (Wildman–Crippen LogP) is 1.37. The Balaban J connectivity index is 2.10. The summed E-state index contributed by atoms with van der Waals surface area (Å²) >= 11 is 0. The number of rotatable bonds is 2. The number of sulfone groups is 1. The second-order valence-corrected chi connectivity index (χ2v) is 6.35. The second kappa shape index (κ2) is 3.92. The summed E-state index contributed by atoms with van der Waals surface area (Å²) in [6.45, 7) is 0. The molecule has 2 aromatic rings. The Morgan fingerprint density at radius 1 is 1.32 bits per heavy atom. The fourth-order valence-electron chi connectivity index (χ4n) is 2.07. The number of aromatic nitrogens is 1. The number of aryl methyl sites for hydroxylation is 1. The van der Waals surface area contributed by atoms with Gasteiger partial charge in [0.15, 0.2) is 21.3 Å². The molecule has 0 saturated carbocycles. The van der Waals surface area contributed by atoms with Crippen molar-refractivity contribution in [2.24, 2.45) is 0 Å². The quantitative estimate of drug-likeness (QED) is 0.891. The Labute approximate surface area is 108 Å². The van der Waals surface area contributed by atoms with Crippen LogP contribution in [0.15, 0.2) is 33.7 Å². The summed E-state index contributed by atoms with van der Waals surface area (Å²) in [4.78, 5) is 11.0. The summed E-state index contributed by atoms with van der Waals surface area (Å²) in [6.07, 6.45) is 0.509. The maximum absolute atomic E-state index is 11.8. The molecule has 2 heterocycles. The van der Waals surface area contributed by atoms with Crippen LogP contribution in [0.25, 0.3) is 11.3 Å². The number of hydrogen-bond donors (Lipinski definition) is 1. The molecular formula is C12H9NO5S. The maximum atomic E-state index is 11.8. The van der Waals surface area contributed by atoms with E-state index in [0.717, 1.165) is 5.56 Å². The SMILES string of the molecule is O=C(O)c1cc(-c2ccc3c(c2)S(=O)(=O)CC3)on1. The van der Waals surface area contributed by atoms with E-state index in [2.05, 4.69) is 5.16 Å². The molecule has 1 aromatic heterocycles. The van der Waals surface area contributed by atoms with Crippen molar-refractivity contribution in [1.29, 1.82) is 0 Å². The van der Waals surface area contributed by atoms with Gasteiger partial charge in [0.25, 0.3) is 0 Å². The number of carboxylic acids is 1. The van der Waals surface area contributed by atoms with Crippen LogP contribution >= 0.6 is 0 Å². The van der Waals surface area contributed by atoms with Gasteiger partial charge in [-0.3, -0.25) is 0 Å². The van der Waals surface area contributed by atoms with Crippen molar-refractivity contribution in [2.75, 3.05) is 5.75 Å². The smallest absolute Gasteiger partial charge is 0.358 e. The molecule has 1 N–H and O–H groups in total. The average Bonchev–Trinajstić information content (AvgIpc) is 2.95. The topological polar surface area (TPSA) is 97.5 Å². The third kappa shape index (κ3) is 1.91. The van der Waals surface area contributed by atoms with Gasteiger partial charge in [0.1, 0.15) is 0 Å². The summed E-state index contributed by atoms with van der Waals surface area (Å²) in [5.74, 6) is -0.839. The van der Waals surface area contributed by atoms with E-state index in [4.69, 9.17) is 9.63 Å². The predicted molar refractivity (Wildman–Crippen MR) is 64.7 cm³/mol. The molecule has 7 heteroatoms. The van der Waals surface area contributed by atoms with Crippen molar-refractivity contribution in [3.05, 3.63) is 35.5 Å². The van der Waals surface area contributed by atoms with Crippen LogP contribution in [0, 0.1) is 0 Å². The summed E-state index contributed by atoms with van der Waals surface area (Å²) in [7, 11) is -3.22. The van der Waals surface area contributed by atoms with Crippen LogP contribution in [0.1, 0.15) is 16.1 Å². The molecule has 0 radical (unpaired) electrons. The molecule has 0 spiro atoms. The van der Waals surface area contributed by atoms with Crippen LogP contribution in [0.2, 0.25) is 0 Å². The molecule has 98 valence electrons. The average molecular weight is 279 g/mol. The highest BCUT2D eigenvalue weighted by Gasteiger charge is 2.26. The number of nitrogens with zero attached hydrogens (tertiary/aromatic N) is 1. The molecule has 19 heavy (non-hydrogen) atoms. The molecule has 1 aliphatic rings. The van der Waals surface area contributed by atoms with Gasteiger partial charge in [-0.15, -0.1) is 0 Å². The maximum Gasteiger partial charge on any atom is 0.358 e. The van der Waals surface area contributed by atoms with Crippen molar-refractivity contribution in [3.63, 3.8) is 0 Å². The van der Waals surface area contributed by atoms with E-state index < -0.39 is 15.8 Å². The van der Waals surface area contributed by atoms with Crippen LogP contribution in [0.4, 0.5) is 0 Å². The molecule has 0 saturated heterocycles. The number of carbonyl (C=O) groups is 1. The number of aromatic carboxylic acids is 1. The lowest BCUT2D eigenvalue weighted by molar-refractivity contribution is 0.0686. The Hall–Kier alpha value is -2.15. The first-order valence-corrected chi connectivity index (χ1v) is 7.19. The van der Waals surface area contributed by atoms with Crippen LogP contribution in [0.5, 0.6) is 0 Å². The monoisotopic (exact) mass is 279 g/mol. The molecular weight excluding hydrogens is 270 g/mol. The van der Waals surface area contributed by atoms with Gasteiger partial charge >= 0.3 is 5.97 Å². The van der Waals surface area contributed by atoms with E-state index in [1.165, 1.54) is 12.1 Å². The third-order valence-corrected chi connectivity index (χ3v) is 4.85. The van der Waals surface area contributed by atoms with Crippen LogP contribution in [0.3, 0.4) is 0 Å². The number of hydrogen-bond acceptors (Lipinski definition) is 5. The van der Waals surface area contributed by atoms with Crippen molar-refractivity contribution in [2.45, 2.75) is 11.3 Å². The Morgan fingerprint density at radius 3 is 2.79 bits per heavy atom. The minimum absolute atomic E-state index is 0.114. The normalized spacial score (nSPS) is 16.2. The molecule has 0 bridgehead atoms. The second-order valence-electron chi connectivity index (χ2n) is 4.27. The lowest BCUT2D eigenvalue weighted by Gasteiger charge is -2.00. The lowest BCUT2D eigenvalue weighted by atomic mass is 10.1. The molecule has 1 aliphatic heterocycles. The molecule has 1 aromatic carbocycles. The fraction of sp³-hybridized carbons (Fsp3) is 0.167. The minimum atomic E-state index is -3.22. The minimum Gasteiger partial charge on any atom is -0.476 e. The van der Waals surface area contributed by atoms with E-state index >= 15 is 0 Å².